The number of aromatic nitrogens is 3. The van der Waals surface area contributed by atoms with Gasteiger partial charge in [0.25, 0.3) is 5.56 Å². The lowest BCUT2D eigenvalue weighted by Crippen LogP contribution is -2.42. The van der Waals surface area contributed by atoms with E-state index in [9.17, 15) is 14.4 Å². The van der Waals surface area contributed by atoms with Crippen LogP contribution in [0.25, 0.3) is 10.6 Å². The van der Waals surface area contributed by atoms with Crippen LogP contribution in [0.2, 0.25) is 0 Å². The zero-order chi connectivity index (χ0) is 24.1. The molecule has 4 aromatic rings. The number of aromatic amines is 1. The molecule has 1 amide bonds. The minimum Gasteiger partial charge on any atom is -0.383 e. The number of anilines is 2. The number of nitrogens with one attached hydrogen (secondary N) is 1. The standard InChI is InChI=1S/C25H25N5O3S/c1-2-13-29(20(31)14-19-16-34-24(27-19)18-11-7-4-8-12-18)21-22(26)30(25(33)28-23(21)32)15-17-9-5-3-6-10-17/h3-12,16H,2,13-15,26H2,1H3,(H,28,32,33). The van der Waals surface area contributed by atoms with Crippen molar-refractivity contribution in [2.75, 3.05) is 17.2 Å². The fourth-order valence-corrected chi connectivity index (χ4v) is 4.52. The van der Waals surface area contributed by atoms with Gasteiger partial charge in [-0.3, -0.25) is 19.1 Å². The predicted molar refractivity (Wildman–Crippen MR) is 135 cm³/mol. The third-order valence-corrected chi connectivity index (χ3v) is 6.26. The van der Waals surface area contributed by atoms with Gasteiger partial charge in [-0.1, -0.05) is 67.6 Å². The molecule has 0 fully saturated rings. The van der Waals surface area contributed by atoms with Crippen LogP contribution in [0.3, 0.4) is 0 Å². The van der Waals surface area contributed by atoms with E-state index >= 15 is 0 Å². The van der Waals surface area contributed by atoms with Gasteiger partial charge >= 0.3 is 5.69 Å². The molecule has 34 heavy (non-hydrogen) atoms. The number of nitrogen functional groups attached to an aromatic ring is 1. The molecule has 0 unspecified atom stereocenters. The van der Waals surface area contributed by atoms with E-state index in [1.165, 1.54) is 20.8 Å². The van der Waals surface area contributed by atoms with Crippen LogP contribution in [0.1, 0.15) is 24.6 Å². The van der Waals surface area contributed by atoms with Gasteiger partial charge < -0.3 is 10.6 Å². The van der Waals surface area contributed by atoms with E-state index in [1.807, 2.05) is 73.0 Å². The normalized spacial score (nSPS) is 10.9. The molecule has 4 rings (SSSR count). The largest absolute Gasteiger partial charge is 0.383 e. The Morgan fingerprint density at radius 1 is 1.09 bits per heavy atom. The van der Waals surface area contributed by atoms with Crippen LogP contribution in [-0.2, 0) is 17.8 Å². The molecule has 0 aliphatic rings. The average molecular weight is 476 g/mol. The minimum absolute atomic E-state index is 0.0131. The SMILES string of the molecule is CCCN(C(=O)Cc1csc(-c2ccccc2)n1)c1c(N)n(Cc2ccccc2)c(=O)[nH]c1=O. The maximum Gasteiger partial charge on any atom is 0.330 e. The molecule has 0 aliphatic carbocycles. The zero-order valence-corrected chi connectivity index (χ0v) is 19.5. The number of amides is 1. The summed E-state index contributed by atoms with van der Waals surface area (Å²) in [6, 6.07) is 19.0. The van der Waals surface area contributed by atoms with Crippen molar-refractivity contribution in [3.8, 4) is 10.6 Å². The number of hydrogen-bond donors (Lipinski definition) is 2. The van der Waals surface area contributed by atoms with E-state index in [2.05, 4.69) is 9.97 Å². The fraction of sp³-hybridized carbons (Fsp3) is 0.200. The van der Waals surface area contributed by atoms with E-state index < -0.39 is 11.2 Å². The molecule has 174 valence electrons. The zero-order valence-electron chi connectivity index (χ0n) is 18.7. The topological polar surface area (TPSA) is 114 Å². The molecular formula is C25H25N5O3S. The Kier molecular flexibility index (Phi) is 7.03. The molecule has 0 saturated carbocycles. The van der Waals surface area contributed by atoms with Crippen LogP contribution in [0.4, 0.5) is 11.5 Å². The number of thiazole rings is 1. The number of carbonyl (C=O) groups excluding carboxylic acids is 1. The summed E-state index contributed by atoms with van der Waals surface area (Å²) in [4.78, 5) is 46.8. The van der Waals surface area contributed by atoms with Gasteiger partial charge in [0.15, 0.2) is 5.69 Å². The molecule has 2 aromatic carbocycles. The van der Waals surface area contributed by atoms with Crippen molar-refractivity contribution in [2.45, 2.75) is 26.3 Å². The first-order valence-electron chi connectivity index (χ1n) is 10.9. The predicted octanol–water partition coefficient (Wildman–Crippen LogP) is 3.28. The summed E-state index contributed by atoms with van der Waals surface area (Å²) in [6.45, 7) is 2.36. The van der Waals surface area contributed by atoms with Crippen molar-refractivity contribution in [3.05, 3.63) is 98.1 Å². The van der Waals surface area contributed by atoms with Crippen LogP contribution in [0, 0.1) is 0 Å². The fourth-order valence-electron chi connectivity index (χ4n) is 3.70. The second-order valence-electron chi connectivity index (χ2n) is 7.80. The summed E-state index contributed by atoms with van der Waals surface area (Å²) in [5.74, 6) is -0.350. The van der Waals surface area contributed by atoms with Gasteiger partial charge in [0, 0.05) is 17.5 Å². The number of H-pyrrole nitrogens is 1. The van der Waals surface area contributed by atoms with Crippen molar-refractivity contribution in [1.82, 2.24) is 14.5 Å². The lowest BCUT2D eigenvalue weighted by molar-refractivity contribution is -0.118. The van der Waals surface area contributed by atoms with Gasteiger partial charge in [0.05, 0.1) is 18.7 Å². The van der Waals surface area contributed by atoms with Gasteiger partial charge in [-0.25, -0.2) is 9.78 Å². The molecule has 3 N–H and O–H groups in total. The molecule has 0 atom stereocenters. The van der Waals surface area contributed by atoms with E-state index in [1.54, 1.807) is 0 Å². The Labute approximate surface area is 200 Å². The maximum absolute atomic E-state index is 13.3. The number of benzene rings is 2. The first-order valence-corrected chi connectivity index (χ1v) is 11.8. The smallest absolute Gasteiger partial charge is 0.330 e. The quantitative estimate of drug-likeness (QED) is 0.406. The molecule has 2 aromatic heterocycles. The molecule has 0 bridgehead atoms. The van der Waals surface area contributed by atoms with Crippen molar-refractivity contribution in [3.63, 3.8) is 0 Å². The third-order valence-electron chi connectivity index (χ3n) is 5.32. The van der Waals surface area contributed by atoms with Crippen molar-refractivity contribution < 1.29 is 4.79 Å². The minimum atomic E-state index is -0.683. The van der Waals surface area contributed by atoms with E-state index in [-0.39, 0.29) is 36.9 Å². The summed E-state index contributed by atoms with van der Waals surface area (Å²) in [6.07, 6.45) is 0.620. The Morgan fingerprint density at radius 3 is 2.44 bits per heavy atom. The summed E-state index contributed by atoms with van der Waals surface area (Å²) < 4.78 is 1.28. The van der Waals surface area contributed by atoms with Crippen LogP contribution in [-0.4, -0.2) is 27.0 Å². The van der Waals surface area contributed by atoms with E-state index in [4.69, 9.17) is 5.73 Å². The highest BCUT2D eigenvalue weighted by Crippen LogP contribution is 2.25. The number of rotatable bonds is 8. The summed E-state index contributed by atoms with van der Waals surface area (Å²) in [7, 11) is 0. The Bertz CT molecular complexity index is 1390. The number of hydrogen-bond acceptors (Lipinski definition) is 6. The first kappa shape index (κ1) is 23.2. The second-order valence-corrected chi connectivity index (χ2v) is 8.66. The first-order chi connectivity index (χ1) is 16.5. The van der Waals surface area contributed by atoms with Gasteiger partial charge in [-0.05, 0) is 12.0 Å². The lowest BCUT2D eigenvalue weighted by Gasteiger charge is -2.24. The number of nitrogens with two attached hydrogens (primary N) is 1. The Morgan fingerprint density at radius 2 is 1.76 bits per heavy atom. The monoisotopic (exact) mass is 475 g/mol. The van der Waals surface area contributed by atoms with Gasteiger partial charge in [-0.15, -0.1) is 11.3 Å². The molecule has 8 nitrogen and oxygen atoms in total. The maximum atomic E-state index is 13.3. The van der Waals surface area contributed by atoms with Crippen LogP contribution in [0.5, 0.6) is 0 Å². The van der Waals surface area contributed by atoms with Crippen LogP contribution < -0.4 is 21.9 Å². The van der Waals surface area contributed by atoms with Gasteiger partial charge in [-0.2, -0.15) is 0 Å². The number of carbonyl (C=O) groups is 1. The highest BCUT2D eigenvalue weighted by Gasteiger charge is 2.24. The van der Waals surface area contributed by atoms with Crippen molar-refractivity contribution in [1.29, 1.82) is 0 Å². The second kappa shape index (κ2) is 10.3. The molecule has 2 heterocycles. The summed E-state index contributed by atoms with van der Waals surface area (Å²) >= 11 is 1.46. The van der Waals surface area contributed by atoms with Crippen LogP contribution >= 0.6 is 11.3 Å². The lowest BCUT2D eigenvalue weighted by atomic mass is 10.2. The van der Waals surface area contributed by atoms with Crippen molar-refractivity contribution >= 4 is 28.7 Å². The van der Waals surface area contributed by atoms with Crippen LogP contribution in [0.15, 0.2) is 75.6 Å². The summed E-state index contributed by atoms with van der Waals surface area (Å²) in [5, 5.41) is 2.66. The highest BCUT2D eigenvalue weighted by molar-refractivity contribution is 7.13. The molecular weight excluding hydrogens is 450 g/mol. The Balaban J connectivity index is 1.65. The molecule has 0 saturated heterocycles. The third kappa shape index (κ3) is 4.99. The molecule has 9 heteroatoms. The Hall–Kier alpha value is -3.98. The average Bonchev–Trinajstić information content (AvgIpc) is 3.31. The van der Waals surface area contributed by atoms with Gasteiger partial charge in [0.2, 0.25) is 5.91 Å². The molecule has 0 radical (unpaired) electrons. The molecule has 0 aliphatic heterocycles. The van der Waals surface area contributed by atoms with E-state index in [0.717, 1.165) is 16.1 Å². The van der Waals surface area contributed by atoms with E-state index in [0.29, 0.717) is 12.1 Å². The number of nitrogens with zero attached hydrogens (tertiary/aromatic N) is 3. The highest BCUT2D eigenvalue weighted by atomic mass is 32.1. The summed E-state index contributed by atoms with van der Waals surface area (Å²) in [5.41, 5.74) is 7.43. The van der Waals surface area contributed by atoms with Gasteiger partial charge in [0.1, 0.15) is 10.8 Å². The molecule has 0 spiro atoms. The van der Waals surface area contributed by atoms with Crippen molar-refractivity contribution in [2.24, 2.45) is 0 Å².